The molecule has 0 aromatic heterocycles. The van der Waals surface area contributed by atoms with Crippen molar-refractivity contribution < 1.29 is 69.5 Å². The zero-order chi connectivity index (χ0) is 32.0. The number of hydrogen-bond acceptors (Lipinski definition) is 8. The summed E-state index contributed by atoms with van der Waals surface area (Å²) in [6, 6.07) is 19.1. The van der Waals surface area contributed by atoms with Crippen LogP contribution in [-0.4, -0.2) is 89.5 Å². The number of aliphatic hydroxyl groups excluding tert-OH is 1. The Kier molecular flexibility index (Phi) is 20.9. The monoisotopic (exact) mass is 698 g/mol. The zero-order valence-corrected chi connectivity index (χ0v) is 29.3. The van der Waals surface area contributed by atoms with E-state index in [0.29, 0.717) is 45.4 Å². The van der Waals surface area contributed by atoms with E-state index in [4.69, 9.17) is 25.8 Å². The molecule has 5 rings (SSSR count). The van der Waals surface area contributed by atoms with Gasteiger partial charge in [-0.05, 0) is 36.8 Å². The number of ether oxygens (including phenoxy) is 3. The van der Waals surface area contributed by atoms with E-state index >= 15 is 0 Å². The van der Waals surface area contributed by atoms with Gasteiger partial charge in [0.05, 0.1) is 18.1 Å². The standard InChI is InChI=1S/C17H22ClNO4.C17H21NO4.2CH4.Na.H/c18-10-15(20)9-14-11-19(8-4-7-16(14)21)17(22)23-12-13-5-2-1-3-6-13;19-15-9-14-10-18(8-4-7-16(14)21-12-15)17(20)22-11-13-5-2-1-3-6-13;;;;/h1-3,5-6,14,16,21H,4,7-12H2;1-3,5-6,14,16H,4,7-12H2;2*1H4;;/q;;;;+1;-1/t2*14-,16-;;;;/m00..../s1. The van der Waals surface area contributed by atoms with Gasteiger partial charge >= 0.3 is 41.7 Å². The maximum Gasteiger partial charge on any atom is 1.00 e. The fourth-order valence-corrected chi connectivity index (χ4v) is 6.01. The number of nitrogens with zero attached hydrogens (tertiary/aromatic N) is 2. The number of halogens is 1. The summed E-state index contributed by atoms with van der Waals surface area (Å²) in [7, 11) is 0. The predicted molar refractivity (Wildman–Crippen MR) is 182 cm³/mol. The molecule has 3 heterocycles. The minimum Gasteiger partial charge on any atom is -1.00 e. The van der Waals surface area contributed by atoms with Gasteiger partial charge < -0.3 is 30.5 Å². The largest absolute Gasteiger partial charge is 1.00 e. The molecule has 2 aromatic carbocycles. The average Bonchev–Trinajstić information content (AvgIpc) is 3.39. The van der Waals surface area contributed by atoms with Crippen LogP contribution in [0.5, 0.6) is 0 Å². The number of benzene rings is 2. The van der Waals surface area contributed by atoms with Gasteiger partial charge in [-0.25, -0.2) is 9.59 Å². The molecule has 2 aromatic rings. The second-order valence-electron chi connectivity index (χ2n) is 11.8. The smallest absolute Gasteiger partial charge is 1.00 e. The molecule has 4 atom stereocenters. The van der Waals surface area contributed by atoms with Crippen LogP contribution in [0.2, 0.25) is 0 Å². The Morgan fingerprint density at radius 1 is 0.854 bits per heavy atom. The summed E-state index contributed by atoms with van der Waals surface area (Å²) in [5.74, 6) is -0.237. The van der Waals surface area contributed by atoms with Gasteiger partial charge in [0, 0.05) is 50.9 Å². The Balaban J connectivity index is 0.000000870. The molecule has 3 aliphatic rings. The number of hydrogen-bond donors (Lipinski definition) is 1. The Hall–Kier alpha value is -2.47. The van der Waals surface area contributed by atoms with E-state index in [1.54, 1.807) is 9.80 Å². The van der Waals surface area contributed by atoms with Gasteiger partial charge in [0.1, 0.15) is 25.6 Å². The van der Waals surface area contributed by atoms with Crippen molar-refractivity contribution in [2.75, 3.05) is 38.7 Å². The summed E-state index contributed by atoms with van der Waals surface area (Å²) < 4.78 is 16.3. The minimum absolute atomic E-state index is 0. The molecule has 12 heteroatoms. The predicted octanol–water partition coefficient (Wildman–Crippen LogP) is 3.38. The van der Waals surface area contributed by atoms with Gasteiger partial charge in [-0.1, -0.05) is 75.5 Å². The Morgan fingerprint density at radius 3 is 1.92 bits per heavy atom. The molecule has 3 fully saturated rings. The van der Waals surface area contributed by atoms with E-state index < -0.39 is 12.2 Å². The van der Waals surface area contributed by atoms with E-state index in [-0.39, 0.29) is 114 Å². The number of carbonyl (C=O) groups excluding carboxylic acids is 4. The number of amides is 2. The van der Waals surface area contributed by atoms with Crippen LogP contribution in [0.3, 0.4) is 0 Å². The Labute approximate surface area is 314 Å². The maximum atomic E-state index is 12.3. The first-order valence-electron chi connectivity index (χ1n) is 15.6. The van der Waals surface area contributed by atoms with Crippen LogP contribution < -0.4 is 29.6 Å². The molecule has 3 saturated heterocycles. The summed E-state index contributed by atoms with van der Waals surface area (Å²) in [5, 5.41) is 10.1. The average molecular weight is 699 g/mol. The molecule has 1 N–H and O–H groups in total. The van der Waals surface area contributed by atoms with Crippen LogP contribution in [0.4, 0.5) is 9.59 Å². The summed E-state index contributed by atoms with van der Waals surface area (Å²) in [4.78, 5) is 50.9. The third-order valence-electron chi connectivity index (χ3n) is 8.34. The van der Waals surface area contributed by atoms with Crippen molar-refractivity contribution in [1.82, 2.24) is 9.80 Å². The number of carbonyl (C=O) groups is 4. The van der Waals surface area contributed by atoms with Crippen LogP contribution in [0, 0.1) is 11.8 Å². The molecule has 10 nitrogen and oxygen atoms in total. The second-order valence-corrected chi connectivity index (χ2v) is 12.1. The van der Waals surface area contributed by atoms with Crippen LogP contribution in [0.1, 0.15) is 65.9 Å². The van der Waals surface area contributed by atoms with Crippen molar-refractivity contribution in [3.63, 3.8) is 0 Å². The number of rotatable bonds is 7. The van der Waals surface area contributed by atoms with E-state index in [1.807, 2.05) is 60.7 Å². The fourth-order valence-electron chi connectivity index (χ4n) is 5.90. The van der Waals surface area contributed by atoms with Gasteiger partial charge in [0.2, 0.25) is 0 Å². The molecule has 0 saturated carbocycles. The van der Waals surface area contributed by atoms with Gasteiger partial charge in [-0.3, -0.25) is 9.59 Å². The first kappa shape index (κ1) is 43.6. The van der Waals surface area contributed by atoms with E-state index in [9.17, 15) is 24.3 Å². The second kappa shape index (κ2) is 23.0. The molecule has 2 amide bonds. The van der Waals surface area contributed by atoms with Crippen molar-refractivity contribution in [3.8, 4) is 0 Å². The van der Waals surface area contributed by atoms with Crippen LogP contribution in [0.15, 0.2) is 60.7 Å². The number of fused-ring (bicyclic) bond motifs is 1. The van der Waals surface area contributed by atoms with Crippen molar-refractivity contribution in [3.05, 3.63) is 71.8 Å². The van der Waals surface area contributed by atoms with E-state index in [2.05, 4.69) is 0 Å². The molecule has 0 radical (unpaired) electrons. The van der Waals surface area contributed by atoms with E-state index in [0.717, 1.165) is 24.0 Å². The first-order valence-corrected chi connectivity index (χ1v) is 16.2. The topological polar surface area (TPSA) is 123 Å². The summed E-state index contributed by atoms with van der Waals surface area (Å²) in [5.41, 5.74) is 1.89. The van der Waals surface area contributed by atoms with Gasteiger partial charge in [0.15, 0.2) is 5.78 Å². The molecule has 262 valence electrons. The van der Waals surface area contributed by atoms with Crippen LogP contribution in [-0.2, 0) is 37.0 Å². The SMILES string of the molecule is C.C.O=C(CCl)C[C@H]1CN(C(=O)OCc2ccccc2)CCC[C@@H]1O.O=C1CO[C@H]2CCCN(C(=O)OCc3ccccc3)C[C@@H]2C1.[H-].[Na+]. The molecular formula is C36H52ClN2NaO8. The molecule has 0 spiro atoms. The third-order valence-corrected chi connectivity index (χ3v) is 8.64. The van der Waals surface area contributed by atoms with Crippen LogP contribution >= 0.6 is 11.6 Å². The van der Waals surface area contributed by atoms with Gasteiger partial charge in [0.25, 0.3) is 0 Å². The summed E-state index contributed by atoms with van der Waals surface area (Å²) in [6.45, 7) is 2.76. The Bertz CT molecular complexity index is 1260. The van der Waals surface area contributed by atoms with Crippen molar-refractivity contribution in [1.29, 1.82) is 0 Å². The minimum atomic E-state index is -0.589. The quantitative estimate of drug-likeness (QED) is 0.345. The number of aliphatic hydroxyl groups is 1. The Morgan fingerprint density at radius 2 is 1.38 bits per heavy atom. The zero-order valence-electron chi connectivity index (χ0n) is 27.6. The number of alkyl halides is 1. The summed E-state index contributed by atoms with van der Waals surface area (Å²) in [6.07, 6.45) is 2.54. The first-order chi connectivity index (χ1) is 21.8. The number of likely N-dealkylation sites (tertiary alicyclic amines) is 2. The fraction of sp³-hybridized carbons (Fsp3) is 0.556. The molecular weight excluding hydrogens is 647 g/mol. The van der Waals surface area contributed by atoms with Crippen molar-refractivity contribution >= 4 is 35.4 Å². The van der Waals surface area contributed by atoms with Crippen molar-refractivity contribution in [2.45, 2.75) is 78.8 Å². The number of ketones is 2. The molecule has 0 unspecified atom stereocenters. The van der Waals surface area contributed by atoms with Gasteiger partial charge in [-0.15, -0.1) is 11.6 Å². The maximum absolute atomic E-state index is 12.3. The summed E-state index contributed by atoms with van der Waals surface area (Å²) >= 11 is 5.54. The van der Waals surface area contributed by atoms with Crippen molar-refractivity contribution in [2.24, 2.45) is 11.8 Å². The van der Waals surface area contributed by atoms with Gasteiger partial charge in [-0.2, -0.15) is 0 Å². The molecule has 0 bridgehead atoms. The van der Waals surface area contributed by atoms with E-state index in [1.165, 1.54) is 0 Å². The molecule has 48 heavy (non-hydrogen) atoms. The normalized spacial score (nSPS) is 21.9. The third kappa shape index (κ3) is 14.2. The molecule has 3 aliphatic heterocycles. The van der Waals surface area contributed by atoms with Crippen LogP contribution in [0.25, 0.3) is 0 Å². The number of Topliss-reactive ketones (excluding diaryl/α,β-unsaturated/α-hetero) is 2. The molecule has 0 aliphatic carbocycles.